The van der Waals surface area contributed by atoms with Gasteiger partial charge in [-0.15, -0.1) is 0 Å². The quantitative estimate of drug-likeness (QED) is 0.708. The molecule has 1 aliphatic rings. The highest BCUT2D eigenvalue weighted by atomic mass is 35.5. The van der Waals surface area contributed by atoms with E-state index in [0.29, 0.717) is 17.0 Å². The number of carbonyl (C=O) groups is 1. The molecule has 132 valence electrons. The molecule has 1 aliphatic carbocycles. The SMILES string of the molecule is CC(Cc1cccc(F)c1)C(=O)N(Cc1c(F)cccc1Cl)C1CC1. The van der Waals surface area contributed by atoms with Crippen LogP contribution >= 0.6 is 11.6 Å². The monoisotopic (exact) mass is 363 g/mol. The van der Waals surface area contributed by atoms with Gasteiger partial charge in [0.2, 0.25) is 5.91 Å². The van der Waals surface area contributed by atoms with Gasteiger partial charge in [0.05, 0.1) is 6.54 Å². The van der Waals surface area contributed by atoms with Crippen LogP contribution in [0, 0.1) is 17.6 Å². The third-order valence-electron chi connectivity index (χ3n) is 4.51. The van der Waals surface area contributed by atoms with Crippen LogP contribution in [0.2, 0.25) is 5.02 Å². The Morgan fingerprint density at radius 1 is 1.24 bits per heavy atom. The van der Waals surface area contributed by atoms with Crippen LogP contribution in [0.1, 0.15) is 30.9 Å². The molecule has 0 N–H and O–H groups in total. The zero-order valence-electron chi connectivity index (χ0n) is 14.0. The van der Waals surface area contributed by atoms with Gasteiger partial charge in [0.1, 0.15) is 11.6 Å². The summed E-state index contributed by atoms with van der Waals surface area (Å²) in [5.41, 5.74) is 1.13. The summed E-state index contributed by atoms with van der Waals surface area (Å²) < 4.78 is 27.4. The molecular weight excluding hydrogens is 344 g/mol. The highest BCUT2D eigenvalue weighted by Crippen LogP contribution is 2.32. The number of amides is 1. The van der Waals surface area contributed by atoms with Crippen LogP contribution < -0.4 is 0 Å². The fourth-order valence-corrected chi connectivity index (χ4v) is 3.24. The third-order valence-corrected chi connectivity index (χ3v) is 4.87. The number of carbonyl (C=O) groups excluding carboxylic acids is 1. The van der Waals surface area contributed by atoms with E-state index in [1.54, 1.807) is 23.1 Å². The Hall–Kier alpha value is -1.94. The molecule has 0 spiro atoms. The standard InChI is InChI=1S/C20H20ClF2NO/c1-13(10-14-4-2-5-15(22)11-14)20(25)24(16-8-9-16)12-17-18(21)6-3-7-19(17)23/h2-7,11,13,16H,8-10,12H2,1H3. The van der Waals surface area contributed by atoms with Crippen molar-refractivity contribution in [2.45, 2.75) is 38.8 Å². The van der Waals surface area contributed by atoms with E-state index in [-0.39, 0.29) is 30.2 Å². The molecule has 1 fully saturated rings. The van der Waals surface area contributed by atoms with E-state index in [4.69, 9.17) is 11.6 Å². The van der Waals surface area contributed by atoms with Crippen molar-refractivity contribution in [3.8, 4) is 0 Å². The molecule has 1 unspecified atom stereocenters. The van der Waals surface area contributed by atoms with Crippen molar-refractivity contribution in [3.63, 3.8) is 0 Å². The third kappa shape index (κ3) is 4.37. The second-order valence-corrected chi connectivity index (χ2v) is 7.04. The maximum absolute atomic E-state index is 14.1. The van der Waals surface area contributed by atoms with Gasteiger partial charge < -0.3 is 4.90 Å². The van der Waals surface area contributed by atoms with Gasteiger partial charge in [0.15, 0.2) is 0 Å². The van der Waals surface area contributed by atoms with E-state index in [9.17, 15) is 13.6 Å². The Morgan fingerprint density at radius 2 is 1.96 bits per heavy atom. The second-order valence-electron chi connectivity index (χ2n) is 6.63. The molecular formula is C20H20ClF2NO. The van der Waals surface area contributed by atoms with Gasteiger partial charge in [-0.05, 0) is 49.1 Å². The summed E-state index contributed by atoms with van der Waals surface area (Å²) in [6, 6.07) is 10.9. The summed E-state index contributed by atoms with van der Waals surface area (Å²) in [6.07, 6.45) is 2.29. The molecule has 0 saturated heterocycles. The normalized spacial score (nSPS) is 15.0. The fourth-order valence-electron chi connectivity index (χ4n) is 3.01. The van der Waals surface area contributed by atoms with Crippen molar-refractivity contribution < 1.29 is 13.6 Å². The minimum atomic E-state index is -0.399. The molecule has 2 aromatic rings. The predicted molar refractivity (Wildman–Crippen MR) is 94.3 cm³/mol. The summed E-state index contributed by atoms with van der Waals surface area (Å²) in [5, 5.41) is 0.330. The molecule has 2 aromatic carbocycles. The van der Waals surface area contributed by atoms with Gasteiger partial charge in [0, 0.05) is 22.5 Å². The highest BCUT2D eigenvalue weighted by Gasteiger charge is 2.35. The molecule has 0 radical (unpaired) electrons. The Balaban J connectivity index is 1.75. The minimum Gasteiger partial charge on any atom is -0.335 e. The average molecular weight is 364 g/mol. The first-order valence-electron chi connectivity index (χ1n) is 8.43. The average Bonchev–Trinajstić information content (AvgIpc) is 3.39. The van der Waals surface area contributed by atoms with Crippen LogP contribution in [0.25, 0.3) is 0 Å². The topological polar surface area (TPSA) is 20.3 Å². The maximum atomic E-state index is 14.1. The summed E-state index contributed by atoms with van der Waals surface area (Å²) in [7, 11) is 0. The number of hydrogen-bond donors (Lipinski definition) is 0. The summed E-state index contributed by atoms with van der Waals surface area (Å²) >= 11 is 6.11. The lowest BCUT2D eigenvalue weighted by Crippen LogP contribution is -2.37. The molecule has 0 bridgehead atoms. The van der Waals surface area contributed by atoms with Crippen LogP contribution in [0.4, 0.5) is 8.78 Å². The lowest BCUT2D eigenvalue weighted by molar-refractivity contribution is -0.136. The van der Waals surface area contributed by atoms with Crippen molar-refractivity contribution >= 4 is 17.5 Å². The summed E-state index contributed by atoms with van der Waals surface area (Å²) in [6.45, 7) is 1.99. The first kappa shape index (κ1) is 17.9. The molecule has 5 heteroatoms. The minimum absolute atomic E-state index is 0.0499. The van der Waals surface area contributed by atoms with Crippen molar-refractivity contribution in [3.05, 3.63) is 70.2 Å². The van der Waals surface area contributed by atoms with Gasteiger partial charge in [-0.25, -0.2) is 8.78 Å². The lowest BCUT2D eigenvalue weighted by atomic mass is 9.99. The lowest BCUT2D eigenvalue weighted by Gasteiger charge is -2.26. The Kier molecular flexibility index (Phi) is 5.38. The zero-order valence-corrected chi connectivity index (χ0v) is 14.8. The van der Waals surface area contributed by atoms with Crippen LogP contribution in [0.15, 0.2) is 42.5 Å². The molecule has 0 heterocycles. The number of nitrogens with zero attached hydrogens (tertiary/aromatic N) is 1. The molecule has 3 rings (SSSR count). The van der Waals surface area contributed by atoms with Gasteiger partial charge >= 0.3 is 0 Å². The van der Waals surface area contributed by atoms with E-state index in [2.05, 4.69) is 0 Å². The smallest absolute Gasteiger partial charge is 0.226 e. The van der Waals surface area contributed by atoms with E-state index >= 15 is 0 Å². The van der Waals surface area contributed by atoms with Gasteiger partial charge in [-0.2, -0.15) is 0 Å². The molecule has 0 aliphatic heterocycles. The van der Waals surface area contributed by atoms with Gasteiger partial charge in [-0.3, -0.25) is 4.79 Å². The zero-order chi connectivity index (χ0) is 18.0. The number of rotatable bonds is 6. The van der Waals surface area contributed by atoms with Crippen molar-refractivity contribution in [2.75, 3.05) is 0 Å². The summed E-state index contributed by atoms with van der Waals surface area (Å²) in [4.78, 5) is 14.6. The van der Waals surface area contributed by atoms with Crippen LogP contribution in [0.3, 0.4) is 0 Å². The van der Waals surface area contributed by atoms with Gasteiger partial charge in [-0.1, -0.05) is 36.7 Å². The van der Waals surface area contributed by atoms with E-state index in [1.165, 1.54) is 18.2 Å². The van der Waals surface area contributed by atoms with Crippen LogP contribution in [-0.4, -0.2) is 16.8 Å². The molecule has 2 nitrogen and oxygen atoms in total. The fraction of sp³-hybridized carbons (Fsp3) is 0.350. The van der Waals surface area contributed by atoms with Crippen molar-refractivity contribution in [2.24, 2.45) is 5.92 Å². The molecule has 25 heavy (non-hydrogen) atoms. The predicted octanol–water partition coefficient (Wildman–Crippen LogP) is 4.99. The molecule has 0 aromatic heterocycles. The van der Waals surface area contributed by atoms with E-state index in [0.717, 1.165) is 18.4 Å². The maximum Gasteiger partial charge on any atom is 0.226 e. The van der Waals surface area contributed by atoms with Gasteiger partial charge in [0.25, 0.3) is 0 Å². The number of benzene rings is 2. The first-order valence-corrected chi connectivity index (χ1v) is 8.81. The van der Waals surface area contributed by atoms with Crippen LogP contribution in [0.5, 0.6) is 0 Å². The van der Waals surface area contributed by atoms with Crippen LogP contribution in [-0.2, 0) is 17.8 Å². The molecule has 1 amide bonds. The second kappa shape index (κ2) is 7.52. The van der Waals surface area contributed by atoms with Crippen molar-refractivity contribution in [1.29, 1.82) is 0 Å². The largest absolute Gasteiger partial charge is 0.335 e. The first-order chi connectivity index (χ1) is 12.0. The van der Waals surface area contributed by atoms with E-state index < -0.39 is 5.82 Å². The Morgan fingerprint density at radius 3 is 2.60 bits per heavy atom. The Labute approximate surface area is 151 Å². The number of hydrogen-bond acceptors (Lipinski definition) is 1. The van der Waals surface area contributed by atoms with Crippen molar-refractivity contribution in [1.82, 2.24) is 4.90 Å². The van der Waals surface area contributed by atoms with E-state index in [1.807, 2.05) is 13.0 Å². The Bertz CT molecular complexity index is 756. The summed E-state index contributed by atoms with van der Waals surface area (Å²) in [5.74, 6) is -1.07. The molecule has 1 atom stereocenters. The number of halogens is 3. The molecule has 1 saturated carbocycles. The highest BCUT2D eigenvalue weighted by molar-refractivity contribution is 6.31.